The molecular weight excluding hydrogens is 238 g/mol. The van der Waals surface area contributed by atoms with E-state index in [9.17, 15) is 4.79 Å². The second-order valence-electron chi connectivity index (χ2n) is 4.54. The highest BCUT2D eigenvalue weighted by Crippen LogP contribution is 2.20. The van der Waals surface area contributed by atoms with Crippen molar-refractivity contribution in [3.05, 3.63) is 53.6 Å². The first-order valence-corrected chi connectivity index (χ1v) is 6.05. The first kappa shape index (κ1) is 13.0. The van der Waals surface area contributed by atoms with E-state index in [0.717, 1.165) is 16.8 Å². The van der Waals surface area contributed by atoms with E-state index < -0.39 is 0 Å². The summed E-state index contributed by atoms with van der Waals surface area (Å²) in [6.07, 6.45) is 0. The monoisotopic (exact) mass is 255 g/mol. The molecule has 98 valence electrons. The lowest BCUT2D eigenvalue weighted by Crippen LogP contribution is -2.20. The average molecular weight is 255 g/mol. The maximum Gasteiger partial charge on any atom is 0.323 e. The number of nitrogens with two attached hydrogens (primary N) is 1. The van der Waals surface area contributed by atoms with Crippen molar-refractivity contribution in [2.75, 3.05) is 16.4 Å². The van der Waals surface area contributed by atoms with Crippen molar-refractivity contribution in [2.24, 2.45) is 0 Å². The Morgan fingerprint density at radius 2 is 1.58 bits per heavy atom. The molecule has 0 atom stereocenters. The maximum atomic E-state index is 11.9. The molecule has 19 heavy (non-hydrogen) atoms. The Hall–Kier alpha value is -2.49. The van der Waals surface area contributed by atoms with E-state index in [1.807, 2.05) is 50.2 Å². The summed E-state index contributed by atoms with van der Waals surface area (Å²) in [5.74, 6) is 0. The van der Waals surface area contributed by atoms with Crippen molar-refractivity contribution < 1.29 is 4.79 Å². The fourth-order valence-corrected chi connectivity index (χ4v) is 1.70. The van der Waals surface area contributed by atoms with E-state index in [0.29, 0.717) is 11.4 Å². The van der Waals surface area contributed by atoms with E-state index in [4.69, 9.17) is 5.73 Å². The van der Waals surface area contributed by atoms with Gasteiger partial charge in [-0.15, -0.1) is 0 Å². The number of urea groups is 1. The van der Waals surface area contributed by atoms with Gasteiger partial charge in [-0.2, -0.15) is 0 Å². The second kappa shape index (κ2) is 5.44. The van der Waals surface area contributed by atoms with E-state index in [-0.39, 0.29) is 6.03 Å². The molecule has 4 heteroatoms. The smallest absolute Gasteiger partial charge is 0.323 e. The molecule has 0 aromatic heterocycles. The second-order valence-corrected chi connectivity index (χ2v) is 4.54. The Bertz CT molecular complexity index is 591. The molecule has 0 bridgehead atoms. The normalized spacial score (nSPS) is 10.0. The third-order valence-corrected chi connectivity index (χ3v) is 2.77. The number of nitrogen functional groups attached to an aromatic ring is 1. The van der Waals surface area contributed by atoms with Gasteiger partial charge in [-0.3, -0.25) is 0 Å². The van der Waals surface area contributed by atoms with Crippen molar-refractivity contribution in [1.29, 1.82) is 0 Å². The van der Waals surface area contributed by atoms with Crippen molar-refractivity contribution in [2.45, 2.75) is 13.8 Å². The Kier molecular flexibility index (Phi) is 3.71. The van der Waals surface area contributed by atoms with Crippen LogP contribution < -0.4 is 16.4 Å². The summed E-state index contributed by atoms with van der Waals surface area (Å²) in [7, 11) is 0. The molecule has 0 saturated carbocycles. The van der Waals surface area contributed by atoms with Crippen molar-refractivity contribution in [3.63, 3.8) is 0 Å². The van der Waals surface area contributed by atoms with Crippen molar-refractivity contribution >= 4 is 23.1 Å². The first-order chi connectivity index (χ1) is 9.04. The zero-order valence-corrected chi connectivity index (χ0v) is 11.0. The predicted octanol–water partition coefficient (Wildman–Crippen LogP) is 3.53. The molecular formula is C15H17N3O. The van der Waals surface area contributed by atoms with E-state index in [1.54, 1.807) is 6.07 Å². The molecule has 0 fully saturated rings. The first-order valence-electron chi connectivity index (χ1n) is 6.05. The van der Waals surface area contributed by atoms with Gasteiger partial charge >= 0.3 is 6.03 Å². The number of benzene rings is 2. The summed E-state index contributed by atoms with van der Waals surface area (Å²) in [6, 6.07) is 12.8. The van der Waals surface area contributed by atoms with Crippen LogP contribution in [0.1, 0.15) is 11.1 Å². The molecule has 0 aliphatic rings. The number of nitrogens with one attached hydrogen (secondary N) is 2. The van der Waals surface area contributed by atoms with Gasteiger partial charge in [0, 0.05) is 5.69 Å². The van der Waals surface area contributed by atoms with Crippen LogP contribution in [0.3, 0.4) is 0 Å². The zero-order chi connectivity index (χ0) is 13.8. The van der Waals surface area contributed by atoms with Crippen LogP contribution in [0, 0.1) is 13.8 Å². The SMILES string of the molecule is Cc1ccc(NC(=O)Nc2cc(C)ccc2N)cc1. The molecule has 2 aromatic rings. The molecule has 0 saturated heterocycles. The standard InChI is InChI=1S/C15H17N3O/c1-10-3-6-12(7-4-10)17-15(19)18-14-9-11(2)5-8-13(14)16/h3-9H,16H2,1-2H3,(H2,17,18,19). The fourth-order valence-electron chi connectivity index (χ4n) is 1.70. The van der Waals surface area contributed by atoms with Crippen LogP contribution in [-0.4, -0.2) is 6.03 Å². The molecule has 0 aliphatic heterocycles. The van der Waals surface area contributed by atoms with Gasteiger partial charge in [-0.25, -0.2) is 4.79 Å². The molecule has 2 rings (SSSR count). The summed E-state index contributed by atoms with van der Waals surface area (Å²) in [5, 5.41) is 5.50. The molecule has 0 unspecified atom stereocenters. The summed E-state index contributed by atoms with van der Waals surface area (Å²) < 4.78 is 0. The maximum absolute atomic E-state index is 11.9. The van der Waals surface area contributed by atoms with Crippen LogP contribution in [0.15, 0.2) is 42.5 Å². The summed E-state index contributed by atoms with van der Waals surface area (Å²) in [5.41, 5.74) is 9.90. The third-order valence-electron chi connectivity index (χ3n) is 2.77. The van der Waals surface area contributed by atoms with E-state index >= 15 is 0 Å². The van der Waals surface area contributed by atoms with E-state index in [1.165, 1.54) is 0 Å². The topological polar surface area (TPSA) is 67.2 Å². The highest BCUT2D eigenvalue weighted by molar-refractivity contribution is 6.01. The number of hydrogen-bond acceptors (Lipinski definition) is 2. The fraction of sp³-hybridized carbons (Fsp3) is 0.133. The van der Waals surface area contributed by atoms with Crippen LogP contribution >= 0.6 is 0 Å². The van der Waals surface area contributed by atoms with Gasteiger partial charge < -0.3 is 16.4 Å². The van der Waals surface area contributed by atoms with Gasteiger partial charge in [0.1, 0.15) is 0 Å². The highest BCUT2D eigenvalue weighted by Gasteiger charge is 2.05. The number of rotatable bonds is 2. The van der Waals surface area contributed by atoms with Gasteiger partial charge in [0.05, 0.1) is 11.4 Å². The van der Waals surface area contributed by atoms with Crippen molar-refractivity contribution in [3.8, 4) is 0 Å². The van der Waals surface area contributed by atoms with Gasteiger partial charge in [-0.1, -0.05) is 23.8 Å². The Labute approximate surface area is 112 Å². The van der Waals surface area contributed by atoms with Crippen LogP contribution in [0.25, 0.3) is 0 Å². The number of aryl methyl sites for hydroxylation is 2. The van der Waals surface area contributed by atoms with Crippen LogP contribution in [0.2, 0.25) is 0 Å². The summed E-state index contributed by atoms with van der Waals surface area (Å²) >= 11 is 0. The lowest BCUT2D eigenvalue weighted by atomic mass is 10.2. The minimum Gasteiger partial charge on any atom is -0.397 e. The molecule has 0 spiro atoms. The summed E-state index contributed by atoms with van der Waals surface area (Å²) in [6.45, 7) is 3.94. The van der Waals surface area contributed by atoms with Crippen LogP contribution in [-0.2, 0) is 0 Å². The molecule has 0 radical (unpaired) electrons. The largest absolute Gasteiger partial charge is 0.397 e. The molecule has 2 aromatic carbocycles. The number of carbonyl (C=O) groups excluding carboxylic acids is 1. The van der Waals surface area contributed by atoms with Crippen LogP contribution in [0.4, 0.5) is 21.9 Å². The quantitative estimate of drug-likeness (QED) is 0.719. The molecule has 2 amide bonds. The molecule has 4 nitrogen and oxygen atoms in total. The van der Waals surface area contributed by atoms with Gasteiger partial charge in [-0.05, 0) is 43.7 Å². The molecule has 0 heterocycles. The van der Waals surface area contributed by atoms with Crippen LogP contribution in [0.5, 0.6) is 0 Å². The Morgan fingerprint density at radius 1 is 0.947 bits per heavy atom. The zero-order valence-electron chi connectivity index (χ0n) is 11.0. The predicted molar refractivity (Wildman–Crippen MR) is 79.4 cm³/mol. The van der Waals surface area contributed by atoms with Gasteiger partial charge in [0.25, 0.3) is 0 Å². The number of anilines is 3. The Balaban J connectivity index is 2.05. The van der Waals surface area contributed by atoms with Crippen molar-refractivity contribution in [1.82, 2.24) is 0 Å². The molecule has 4 N–H and O–H groups in total. The number of carbonyl (C=O) groups is 1. The number of amides is 2. The minimum atomic E-state index is -0.304. The lowest BCUT2D eigenvalue weighted by molar-refractivity contribution is 0.262. The molecule has 0 aliphatic carbocycles. The summed E-state index contributed by atoms with van der Waals surface area (Å²) in [4.78, 5) is 11.9. The third kappa shape index (κ3) is 3.48. The lowest BCUT2D eigenvalue weighted by Gasteiger charge is -2.10. The van der Waals surface area contributed by atoms with Gasteiger partial charge in [0.15, 0.2) is 0 Å². The number of hydrogen-bond donors (Lipinski definition) is 3. The Morgan fingerprint density at radius 3 is 2.26 bits per heavy atom. The highest BCUT2D eigenvalue weighted by atomic mass is 16.2. The van der Waals surface area contributed by atoms with Gasteiger partial charge in [0.2, 0.25) is 0 Å². The minimum absolute atomic E-state index is 0.304. The van der Waals surface area contributed by atoms with E-state index in [2.05, 4.69) is 10.6 Å². The average Bonchev–Trinajstić information content (AvgIpc) is 2.37.